The third kappa shape index (κ3) is 6.28. The normalized spacial score (nSPS) is 23.6. The Morgan fingerprint density at radius 1 is 1.17 bits per heavy atom. The maximum atomic E-state index is 13.2. The summed E-state index contributed by atoms with van der Waals surface area (Å²) in [5.41, 5.74) is 0. The van der Waals surface area contributed by atoms with E-state index in [-0.39, 0.29) is 34.4 Å². The quantitative estimate of drug-likeness (QED) is 0.678. The van der Waals surface area contributed by atoms with Crippen molar-refractivity contribution in [3.8, 4) is 0 Å². The summed E-state index contributed by atoms with van der Waals surface area (Å²) in [6, 6.07) is 0.271. The van der Waals surface area contributed by atoms with Crippen LogP contribution >= 0.6 is 23.5 Å². The lowest BCUT2D eigenvalue weighted by Crippen LogP contribution is -2.56. The Bertz CT molecular complexity index is 646. The number of carboxylic acids is 1. The Kier molecular flexibility index (Phi) is 8.11. The van der Waals surface area contributed by atoms with E-state index in [4.69, 9.17) is 5.11 Å². The molecule has 1 aliphatic carbocycles. The number of aliphatic imine (C=N–C) groups is 1. The molecule has 0 radical (unpaired) electrons. The number of urea groups is 1. The van der Waals surface area contributed by atoms with Crippen LogP contribution in [0.15, 0.2) is 4.99 Å². The molecule has 1 saturated heterocycles. The van der Waals surface area contributed by atoms with Gasteiger partial charge in [0.15, 0.2) is 5.17 Å². The number of hydrogen-bond acceptors (Lipinski definition) is 6. The minimum Gasteiger partial charge on any atom is -0.481 e. The molecule has 10 heteroatoms. The Labute approximate surface area is 180 Å². The first-order chi connectivity index (χ1) is 13.9. The zero-order chi connectivity index (χ0) is 20.8. The van der Waals surface area contributed by atoms with Crippen molar-refractivity contribution in [2.24, 2.45) is 4.99 Å². The largest absolute Gasteiger partial charge is 0.481 e. The van der Waals surface area contributed by atoms with Gasteiger partial charge in [-0.05, 0) is 25.7 Å². The van der Waals surface area contributed by atoms with Gasteiger partial charge in [0.25, 0.3) is 0 Å². The summed E-state index contributed by atoms with van der Waals surface area (Å²) in [6.07, 6.45) is 7.17. The fourth-order valence-corrected chi connectivity index (χ4v) is 6.23. The van der Waals surface area contributed by atoms with Crippen molar-refractivity contribution in [3.63, 3.8) is 0 Å². The Morgan fingerprint density at radius 3 is 2.45 bits per heavy atom. The van der Waals surface area contributed by atoms with Crippen LogP contribution in [0.3, 0.4) is 0 Å². The standard InChI is InChI=1S/C19H30N4O4S2/c1-13(24)22-9-7-15(8-10-22)23(14-5-3-2-4-6-14)19(27)21-18-20-11-17(29-18)28-12-16(25)26/h14-15,17H,2-12H2,1H3,(H,25,26)(H,20,21,27). The highest BCUT2D eigenvalue weighted by molar-refractivity contribution is 8.25. The molecule has 0 aromatic heterocycles. The first kappa shape index (κ1) is 22.3. The third-order valence-corrected chi connectivity index (χ3v) is 8.24. The summed E-state index contributed by atoms with van der Waals surface area (Å²) in [6.45, 7) is 3.50. The summed E-state index contributed by atoms with van der Waals surface area (Å²) in [7, 11) is 0. The molecule has 162 valence electrons. The number of carbonyl (C=O) groups is 3. The van der Waals surface area contributed by atoms with Crippen LogP contribution in [0.2, 0.25) is 0 Å². The molecule has 0 aromatic rings. The number of nitrogens with one attached hydrogen (secondary N) is 1. The van der Waals surface area contributed by atoms with Gasteiger partial charge in [-0.1, -0.05) is 31.0 Å². The van der Waals surface area contributed by atoms with Gasteiger partial charge >= 0.3 is 12.0 Å². The molecule has 2 heterocycles. The zero-order valence-corrected chi connectivity index (χ0v) is 18.5. The number of nitrogens with zero attached hydrogens (tertiary/aromatic N) is 3. The number of likely N-dealkylation sites (tertiary alicyclic amines) is 1. The van der Waals surface area contributed by atoms with Crippen molar-refractivity contribution < 1.29 is 19.5 Å². The van der Waals surface area contributed by atoms with Crippen molar-refractivity contribution in [1.82, 2.24) is 15.1 Å². The van der Waals surface area contributed by atoms with E-state index in [0.29, 0.717) is 24.8 Å². The fourth-order valence-electron chi connectivity index (χ4n) is 4.28. The van der Waals surface area contributed by atoms with Crippen molar-refractivity contribution in [1.29, 1.82) is 0 Å². The first-order valence-electron chi connectivity index (χ1n) is 10.3. The zero-order valence-electron chi connectivity index (χ0n) is 16.8. The monoisotopic (exact) mass is 442 g/mol. The van der Waals surface area contributed by atoms with Crippen LogP contribution in [-0.4, -0.2) is 80.0 Å². The molecule has 1 atom stereocenters. The van der Waals surface area contributed by atoms with Crippen LogP contribution in [0.4, 0.5) is 4.79 Å². The highest BCUT2D eigenvalue weighted by atomic mass is 32.2. The van der Waals surface area contributed by atoms with E-state index in [9.17, 15) is 14.4 Å². The van der Waals surface area contributed by atoms with Crippen LogP contribution in [0, 0.1) is 0 Å². The average molecular weight is 443 g/mol. The molecule has 29 heavy (non-hydrogen) atoms. The number of piperidine rings is 1. The number of aliphatic carboxylic acids is 1. The fraction of sp³-hybridized carbons (Fsp3) is 0.789. The molecule has 0 aromatic carbocycles. The predicted octanol–water partition coefficient (Wildman–Crippen LogP) is 2.59. The Morgan fingerprint density at radius 2 is 1.83 bits per heavy atom. The first-order valence-corrected chi connectivity index (χ1v) is 12.3. The molecular formula is C19H30N4O4S2. The number of amides is 3. The number of carbonyl (C=O) groups excluding carboxylic acids is 2. The van der Waals surface area contributed by atoms with Gasteiger partial charge in [-0.2, -0.15) is 0 Å². The maximum Gasteiger partial charge on any atom is 0.323 e. The van der Waals surface area contributed by atoms with Gasteiger partial charge in [0.2, 0.25) is 5.91 Å². The van der Waals surface area contributed by atoms with Gasteiger partial charge in [0, 0.05) is 32.1 Å². The van der Waals surface area contributed by atoms with E-state index in [1.54, 1.807) is 6.92 Å². The maximum absolute atomic E-state index is 13.2. The molecule has 0 bridgehead atoms. The van der Waals surface area contributed by atoms with Crippen molar-refractivity contribution >= 4 is 46.6 Å². The highest BCUT2D eigenvalue weighted by Gasteiger charge is 2.35. The molecule has 2 fully saturated rings. The van der Waals surface area contributed by atoms with Crippen LogP contribution in [-0.2, 0) is 9.59 Å². The van der Waals surface area contributed by atoms with Crippen molar-refractivity contribution in [3.05, 3.63) is 0 Å². The van der Waals surface area contributed by atoms with Gasteiger partial charge in [-0.15, -0.1) is 11.8 Å². The molecule has 2 N–H and O–H groups in total. The second-order valence-electron chi connectivity index (χ2n) is 7.76. The van der Waals surface area contributed by atoms with Gasteiger partial charge in [-0.25, -0.2) is 4.79 Å². The van der Waals surface area contributed by atoms with Gasteiger partial charge in [-0.3, -0.25) is 19.9 Å². The smallest absolute Gasteiger partial charge is 0.323 e. The molecule has 3 rings (SSSR count). The van der Waals surface area contributed by atoms with E-state index >= 15 is 0 Å². The van der Waals surface area contributed by atoms with Crippen LogP contribution in [0.25, 0.3) is 0 Å². The van der Waals surface area contributed by atoms with E-state index in [1.165, 1.54) is 29.9 Å². The second kappa shape index (κ2) is 10.6. The second-order valence-corrected chi connectivity index (χ2v) is 10.4. The number of thioether (sulfide) groups is 2. The number of carboxylic acid groups (broad SMARTS) is 1. The number of amidine groups is 1. The summed E-state index contributed by atoms with van der Waals surface area (Å²) < 4.78 is 0.0309. The SMILES string of the molecule is CC(=O)N1CCC(N(C(=O)NC2=NCC(SCC(=O)O)S2)C2CCCCC2)CC1. The predicted molar refractivity (Wildman–Crippen MR) is 116 cm³/mol. The molecule has 1 unspecified atom stereocenters. The summed E-state index contributed by atoms with van der Waals surface area (Å²) in [5, 5.41) is 12.4. The minimum atomic E-state index is -0.839. The third-order valence-electron chi connectivity index (χ3n) is 5.74. The van der Waals surface area contributed by atoms with E-state index < -0.39 is 5.97 Å². The molecule has 0 spiro atoms. The molecule has 8 nitrogen and oxygen atoms in total. The van der Waals surface area contributed by atoms with E-state index in [0.717, 1.165) is 38.5 Å². The van der Waals surface area contributed by atoms with Crippen LogP contribution in [0.1, 0.15) is 51.9 Å². The molecular weight excluding hydrogens is 412 g/mol. The lowest BCUT2D eigenvalue weighted by molar-refractivity contribution is -0.134. The minimum absolute atomic E-state index is 0.0309. The Hall–Kier alpha value is -1.42. The van der Waals surface area contributed by atoms with Gasteiger partial charge in [0.05, 0.1) is 16.9 Å². The van der Waals surface area contributed by atoms with Gasteiger partial charge < -0.3 is 14.9 Å². The molecule has 1 saturated carbocycles. The molecule has 2 aliphatic heterocycles. The molecule has 3 aliphatic rings. The Balaban J connectivity index is 1.59. The lowest BCUT2D eigenvalue weighted by Gasteiger charge is -2.43. The van der Waals surface area contributed by atoms with E-state index in [2.05, 4.69) is 10.3 Å². The number of rotatable bonds is 5. The summed E-state index contributed by atoms with van der Waals surface area (Å²) >= 11 is 2.77. The average Bonchev–Trinajstić information content (AvgIpc) is 3.15. The topological polar surface area (TPSA) is 102 Å². The van der Waals surface area contributed by atoms with Crippen molar-refractivity contribution in [2.75, 3.05) is 25.4 Å². The highest BCUT2D eigenvalue weighted by Crippen LogP contribution is 2.31. The van der Waals surface area contributed by atoms with Gasteiger partial charge in [0.1, 0.15) is 0 Å². The molecule has 3 amide bonds. The van der Waals surface area contributed by atoms with Crippen LogP contribution in [0.5, 0.6) is 0 Å². The van der Waals surface area contributed by atoms with Crippen molar-refractivity contribution in [2.45, 2.75) is 68.5 Å². The van der Waals surface area contributed by atoms with E-state index in [1.807, 2.05) is 9.80 Å². The summed E-state index contributed by atoms with van der Waals surface area (Å²) in [4.78, 5) is 43.9. The number of hydrogen-bond donors (Lipinski definition) is 2. The van der Waals surface area contributed by atoms with Crippen LogP contribution < -0.4 is 5.32 Å². The lowest BCUT2D eigenvalue weighted by atomic mass is 9.91. The summed E-state index contributed by atoms with van der Waals surface area (Å²) in [5.74, 6) is -0.704.